The van der Waals surface area contributed by atoms with E-state index in [4.69, 9.17) is 0 Å². The molecule has 1 aliphatic carbocycles. The standard InChI is InChI=1S/C5H5.3C2H7N.Ti/c1-2-4-5-3-1;3*1-3-2;/h1-3H,4H2;3*3H,1-2H3;. The number of nitrogens with one attached hydrogen (secondary N) is 3. The van der Waals surface area contributed by atoms with Crippen LogP contribution in [-0.4, -0.2) is 42.3 Å². The van der Waals surface area contributed by atoms with Gasteiger partial charge in [-0.25, -0.2) is 0 Å². The van der Waals surface area contributed by atoms with Gasteiger partial charge in [-0.3, -0.25) is 0 Å². The first-order valence-corrected chi connectivity index (χ1v) is 5.75. The predicted octanol–water partition coefficient (Wildman–Crippen LogP) is 0.884. The molecule has 0 saturated carbocycles. The van der Waals surface area contributed by atoms with Crippen molar-refractivity contribution in [2.45, 2.75) is 6.42 Å². The molecule has 0 aliphatic heterocycles. The molecule has 0 atom stereocenters. The molecule has 0 heterocycles. The van der Waals surface area contributed by atoms with E-state index in [1.54, 1.807) is 0 Å². The molecule has 0 aromatic heterocycles. The molecule has 3 nitrogen and oxygen atoms in total. The third kappa shape index (κ3) is 41.0. The van der Waals surface area contributed by atoms with Gasteiger partial charge in [-0.2, -0.15) is 0 Å². The summed E-state index contributed by atoms with van der Waals surface area (Å²) in [5.74, 6) is 0. The maximum atomic E-state index is 2.75. The van der Waals surface area contributed by atoms with Gasteiger partial charge in [0.05, 0.1) is 0 Å². The molecule has 15 heavy (non-hydrogen) atoms. The second-order valence-electron chi connectivity index (χ2n) is 2.82. The van der Waals surface area contributed by atoms with E-state index in [0.717, 1.165) is 0 Å². The molecule has 0 saturated heterocycles. The SMILES string of the molecule is CNC.CNC.CNC.[Ti][C]1=CC=CC1. The molecule has 1 rings (SSSR count). The third-order valence-corrected chi connectivity index (χ3v) is 1.35. The van der Waals surface area contributed by atoms with Gasteiger partial charge in [0.1, 0.15) is 0 Å². The molecule has 0 amide bonds. The van der Waals surface area contributed by atoms with E-state index in [9.17, 15) is 0 Å². The zero-order chi connectivity index (χ0) is 12.5. The van der Waals surface area contributed by atoms with Crippen LogP contribution in [0.2, 0.25) is 0 Å². The van der Waals surface area contributed by atoms with Crippen LogP contribution < -0.4 is 16.0 Å². The fourth-order valence-electron chi connectivity index (χ4n) is 0.447. The number of hydrogen-bond acceptors (Lipinski definition) is 3. The number of rotatable bonds is 0. The molecule has 0 fully saturated rings. The Labute approximate surface area is 107 Å². The van der Waals surface area contributed by atoms with Gasteiger partial charge in [0, 0.05) is 0 Å². The van der Waals surface area contributed by atoms with E-state index in [2.05, 4.69) is 54.6 Å². The Morgan fingerprint density at radius 2 is 1.27 bits per heavy atom. The van der Waals surface area contributed by atoms with E-state index in [1.165, 1.54) is 10.3 Å². The molecule has 0 aromatic rings. The van der Waals surface area contributed by atoms with E-state index in [1.807, 2.05) is 42.3 Å². The molecule has 0 bridgehead atoms. The summed E-state index contributed by atoms with van der Waals surface area (Å²) in [6, 6.07) is 0. The minimum atomic E-state index is 1.17. The zero-order valence-corrected chi connectivity index (χ0v) is 12.5. The summed E-state index contributed by atoms with van der Waals surface area (Å²) in [5, 5.41) is 8.25. The van der Waals surface area contributed by atoms with Crippen LogP contribution in [0, 0.1) is 0 Å². The van der Waals surface area contributed by atoms with Crippen LogP contribution in [-0.2, 0) is 20.4 Å². The zero-order valence-electron chi connectivity index (χ0n) is 10.9. The number of allylic oxidation sites excluding steroid dienone is 4. The Morgan fingerprint density at radius 1 is 0.933 bits per heavy atom. The molecule has 3 N–H and O–H groups in total. The topological polar surface area (TPSA) is 36.1 Å². The Hall–Kier alpha value is 0.0743. The summed E-state index contributed by atoms with van der Waals surface area (Å²) in [5.41, 5.74) is 0. The second-order valence-corrected chi connectivity index (χ2v) is 3.83. The van der Waals surface area contributed by atoms with E-state index in [0.29, 0.717) is 0 Å². The van der Waals surface area contributed by atoms with Crippen LogP contribution in [0.5, 0.6) is 0 Å². The fraction of sp³-hybridized carbons (Fsp3) is 0.636. The summed E-state index contributed by atoms with van der Waals surface area (Å²) >= 11 is 2.14. The second kappa shape index (κ2) is 23.7. The summed E-state index contributed by atoms with van der Waals surface area (Å²) in [6.45, 7) is 0. The molecule has 89 valence electrons. The summed E-state index contributed by atoms with van der Waals surface area (Å²) < 4.78 is 1.47. The van der Waals surface area contributed by atoms with Crippen molar-refractivity contribution >= 4 is 0 Å². The van der Waals surface area contributed by atoms with Gasteiger partial charge < -0.3 is 16.0 Å². The van der Waals surface area contributed by atoms with Crippen molar-refractivity contribution in [2.75, 3.05) is 42.3 Å². The fourth-order valence-corrected chi connectivity index (χ4v) is 0.782. The average molecular weight is 248 g/mol. The van der Waals surface area contributed by atoms with Gasteiger partial charge in [-0.1, -0.05) is 0 Å². The minimum absolute atomic E-state index is 1.17. The van der Waals surface area contributed by atoms with Gasteiger partial charge in [0.15, 0.2) is 0 Å². The van der Waals surface area contributed by atoms with Gasteiger partial charge in [0.2, 0.25) is 0 Å². The molecule has 0 unspecified atom stereocenters. The van der Waals surface area contributed by atoms with E-state index >= 15 is 0 Å². The van der Waals surface area contributed by atoms with Crippen LogP contribution in [0.25, 0.3) is 0 Å². The monoisotopic (exact) mass is 248 g/mol. The van der Waals surface area contributed by atoms with Crippen molar-refractivity contribution in [3.8, 4) is 0 Å². The van der Waals surface area contributed by atoms with Crippen molar-refractivity contribution in [3.63, 3.8) is 0 Å². The molecular weight excluding hydrogens is 222 g/mol. The molecule has 0 spiro atoms. The van der Waals surface area contributed by atoms with Crippen LogP contribution in [0.1, 0.15) is 6.42 Å². The van der Waals surface area contributed by atoms with Gasteiger partial charge in [-0.15, -0.1) is 0 Å². The van der Waals surface area contributed by atoms with Crippen LogP contribution in [0.15, 0.2) is 22.1 Å². The van der Waals surface area contributed by atoms with Crippen molar-refractivity contribution in [3.05, 3.63) is 22.1 Å². The first-order chi connectivity index (χ1) is 7.14. The summed E-state index contributed by atoms with van der Waals surface area (Å²) in [4.78, 5) is 0. The molecular formula is C11H26N3Ti. The van der Waals surface area contributed by atoms with Gasteiger partial charge in [-0.05, 0) is 42.3 Å². The first kappa shape index (κ1) is 20.5. The Kier molecular flexibility index (Phi) is 32.4. The van der Waals surface area contributed by atoms with Crippen LogP contribution in [0.4, 0.5) is 0 Å². The van der Waals surface area contributed by atoms with Crippen molar-refractivity contribution in [2.24, 2.45) is 0 Å². The first-order valence-electron chi connectivity index (χ1n) is 4.97. The summed E-state index contributed by atoms with van der Waals surface area (Å²) in [6.07, 6.45) is 7.56. The normalized spacial score (nSPS) is 10.9. The van der Waals surface area contributed by atoms with Crippen molar-refractivity contribution < 1.29 is 20.4 Å². The van der Waals surface area contributed by atoms with Crippen molar-refractivity contribution in [1.82, 2.24) is 16.0 Å². The van der Waals surface area contributed by atoms with E-state index in [-0.39, 0.29) is 0 Å². The molecule has 0 aromatic carbocycles. The van der Waals surface area contributed by atoms with E-state index < -0.39 is 0 Å². The van der Waals surface area contributed by atoms with Crippen LogP contribution in [0.3, 0.4) is 0 Å². The Bertz CT molecular complexity index is 140. The maximum absolute atomic E-state index is 2.75. The van der Waals surface area contributed by atoms with Gasteiger partial charge in [0.25, 0.3) is 0 Å². The molecule has 0 radical (unpaired) electrons. The summed E-state index contributed by atoms with van der Waals surface area (Å²) in [7, 11) is 11.2. The number of hydrogen-bond donors (Lipinski definition) is 3. The predicted molar refractivity (Wildman–Crippen MR) is 66.8 cm³/mol. The van der Waals surface area contributed by atoms with Gasteiger partial charge >= 0.3 is 49.0 Å². The van der Waals surface area contributed by atoms with Crippen LogP contribution >= 0.6 is 0 Å². The molecule has 4 heteroatoms. The molecule has 1 aliphatic rings. The quantitative estimate of drug-likeness (QED) is 0.557. The third-order valence-electron chi connectivity index (χ3n) is 0.771. The van der Waals surface area contributed by atoms with Crippen molar-refractivity contribution in [1.29, 1.82) is 0 Å². The average Bonchev–Trinajstić information content (AvgIpc) is 2.60. The Balaban J connectivity index is -0.000000140. The Morgan fingerprint density at radius 3 is 1.33 bits per heavy atom.